The van der Waals surface area contributed by atoms with Crippen molar-refractivity contribution in [1.82, 2.24) is 0 Å². The second kappa shape index (κ2) is 4.49. The van der Waals surface area contributed by atoms with E-state index >= 15 is 0 Å². The maximum absolute atomic E-state index is 12.7. The molecular formula is C14H22O3S. The van der Waals surface area contributed by atoms with Crippen molar-refractivity contribution in [2.24, 2.45) is 11.8 Å². The molecule has 0 aromatic heterocycles. The van der Waals surface area contributed by atoms with Gasteiger partial charge in [-0.25, -0.2) is 8.42 Å². The van der Waals surface area contributed by atoms with Gasteiger partial charge in [0.15, 0.2) is 9.84 Å². The molecule has 2 bridgehead atoms. The van der Waals surface area contributed by atoms with E-state index in [1.54, 1.807) is 27.9 Å². The van der Waals surface area contributed by atoms with E-state index in [0.717, 1.165) is 18.4 Å². The van der Waals surface area contributed by atoms with Gasteiger partial charge in [0.2, 0.25) is 0 Å². The van der Waals surface area contributed by atoms with Crippen LogP contribution < -0.4 is 0 Å². The van der Waals surface area contributed by atoms with Gasteiger partial charge >= 0.3 is 0 Å². The average Bonchev–Trinajstić information content (AvgIpc) is 2.84. The zero-order valence-electron chi connectivity index (χ0n) is 11.6. The van der Waals surface area contributed by atoms with E-state index in [1.165, 1.54) is 0 Å². The third-order valence-corrected chi connectivity index (χ3v) is 6.61. The summed E-state index contributed by atoms with van der Waals surface area (Å²) in [5.41, 5.74) is 1.08. The first-order valence-corrected chi connectivity index (χ1v) is 7.92. The molecule has 0 saturated carbocycles. The molecule has 4 heteroatoms. The first kappa shape index (κ1) is 13.8. The summed E-state index contributed by atoms with van der Waals surface area (Å²) in [5.74, 6) is 0.420. The summed E-state index contributed by atoms with van der Waals surface area (Å²) < 4.78 is 29.8. The SMILES string of the molecule is COCCC1=C(S(=O)(=O)C(C)(C)C)[C@@H]2C=C[C@H]1C2. The minimum atomic E-state index is -3.21. The lowest BCUT2D eigenvalue weighted by Gasteiger charge is -2.25. The van der Waals surface area contributed by atoms with Crippen LogP contribution >= 0.6 is 0 Å². The molecule has 0 aliphatic heterocycles. The van der Waals surface area contributed by atoms with Gasteiger partial charge < -0.3 is 4.74 Å². The molecule has 0 unspecified atom stereocenters. The Labute approximate surface area is 110 Å². The molecule has 0 spiro atoms. The van der Waals surface area contributed by atoms with Crippen LogP contribution in [0.3, 0.4) is 0 Å². The van der Waals surface area contributed by atoms with Crippen LogP contribution in [-0.4, -0.2) is 26.9 Å². The van der Waals surface area contributed by atoms with E-state index < -0.39 is 14.6 Å². The number of hydrogen-bond donors (Lipinski definition) is 0. The van der Waals surface area contributed by atoms with Crippen molar-refractivity contribution in [3.63, 3.8) is 0 Å². The molecule has 0 radical (unpaired) electrons. The summed E-state index contributed by atoms with van der Waals surface area (Å²) in [4.78, 5) is 0.680. The van der Waals surface area contributed by atoms with Crippen molar-refractivity contribution in [1.29, 1.82) is 0 Å². The Hall–Kier alpha value is -0.610. The Balaban J connectivity index is 2.42. The molecule has 2 aliphatic carbocycles. The molecule has 18 heavy (non-hydrogen) atoms. The van der Waals surface area contributed by atoms with Crippen molar-refractivity contribution in [2.75, 3.05) is 13.7 Å². The fraction of sp³-hybridized carbons (Fsp3) is 0.714. The topological polar surface area (TPSA) is 43.4 Å². The van der Waals surface area contributed by atoms with Crippen LogP contribution in [0.2, 0.25) is 0 Å². The summed E-state index contributed by atoms with van der Waals surface area (Å²) >= 11 is 0. The van der Waals surface area contributed by atoms with Crippen LogP contribution in [0, 0.1) is 11.8 Å². The van der Waals surface area contributed by atoms with Crippen molar-refractivity contribution < 1.29 is 13.2 Å². The van der Waals surface area contributed by atoms with Gasteiger partial charge in [0, 0.05) is 19.6 Å². The monoisotopic (exact) mass is 270 g/mol. The maximum Gasteiger partial charge on any atom is 0.180 e. The van der Waals surface area contributed by atoms with Crippen molar-refractivity contribution >= 4 is 9.84 Å². The van der Waals surface area contributed by atoms with E-state index in [4.69, 9.17) is 4.74 Å². The van der Waals surface area contributed by atoms with Gasteiger partial charge in [0.05, 0.1) is 9.65 Å². The summed E-state index contributed by atoms with van der Waals surface area (Å²) in [6.45, 7) is 5.92. The molecule has 0 fully saturated rings. The minimum Gasteiger partial charge on any atom is -0.384 e. The molecule has 0 amide bonds. The Morgan fingerprint density at radius 3 is 2.44 bits per heavy atom. The van der Waals surface area contributed by atoms with Crippen molar-refractivity contribution in [3.8, 4) is 0 Å². The molecule has 0 heterocycles. The Morgan fingerprint density at radius 1 is 1.28 bits per heavy atom. The lowest BCUT2D eigenvalue weighted by atomic mass is 10.0. The Kier molecular flexibility index (Phi) is 3.45. The van der Waals surface area contributed by atoms with E-state index in [-0.39, 0.29) is 5.92 Å². The summed E-state index contributed by atoms with van der Waals surface area (Å²) in [6, 6.07) is 0. The quantitative estimate of drug-likeness (QED) is 0.738. The molecule has 3 nitrogen and oxygen atoms in total. The highest BCUT2D eigenvalue weighted by atomic mass is 32.2. The Bertz CT molecular complexity index is 492. The third-order valence-electron chi connectivity index (χ3n) is 3.86. The Morgan fingerprint density at radius 2 is 1.89 bits per heavy atom. The lowest BCUT2D eigenvalue weighted by Crippen LogP contribution is -2.31. The molecule has 102 valence electrons. The first-order chi connectivity index (χ1) is 8.29. The van der Waals surface area contributed by atoms with Gasteiger partial charge in [0.1, 0.15) is 0 Å². The van der Waals surface area contributed by atoms with Gasteiger partial charge in [-0.05, 0) is 45.1 Å². The number of hydrogen-bond acceptors (Lipinski definition) is 3. The fourth-order valence-electron chi connectivity index (χ4n) is 2.80. The fourth-order valence-corrected chi connectivity index (χ4v) is 4.63. The number of sulfone groups is 1. The van der Waals surface area contributed by atoms with Gasteiger partial charge in [-0.15, -0.1) is 0 Å². The lowest BCUT2D eigenvalue weighted by molar-refractivity contribution is 0.200. The first-order valence-electron chi connectivity index (χ1n) is 6.44. The second-order valence-electron chi connectivity index (χ2n) is 6.08. The second-order valence-corrected chi connectivity index (χ2v) is 8.75. The molecule has 0 aromatic rings. The van der Waals surface area contributed by atoms with Crippen LogP contribution in [0.1, 0.15) is 33.6 Å². The highest BCUT2D eigenvalue weighted by Gasteiger charge is 2.45. The molecular weight excluding hydrogens is 248 g/mol. The number of fused-ring (bicyclic) bond motifs is 2. The predicted octanol–water partition coefficient (Wildman–Crippen LogP) is 2.70. The molecule has 2 rings (SSSR count). The molecule has 2 aliphatic rings. The molecule has 0 N–H and O–H groups in total. The number of ether oxygens (including phenoxy) is 1. The van der Waals surface area contributed by atoms with Crippen LogP contribution in [-0.2, 0) is 14.6 Å². The summed E-state index contributed by atoms with van der Waals surface area (Å²) in [6.07, 6.45) is 5.87. The van der Waals surface area contributed by atoms with Crippen LogP contribution in [0.4, 0.5) is 0 Å². The summed E-state index contributed by atoms with van der Waals surface area (Å²) in [5, 5.41) is 0. The molecule has 2 atom stereocenters. The average molecular weight is 270 g/mol. The van der Waals surface area contributed by atoms with Gasteiger partial charge in [-0.2, -0.15) is 0 Å². The highest BCUT2D eigenvalue weighted by Crippen LogP contribution is 2.49. The van der Waals surface area contributed by atoms with E-state index in [9.17, 15) is 8.42 Å². The van der Waals surface area contributed by atoms with Gasteiger partial charge in [-0.1, -0.05) is 12.2 Å². The number of allylic oxidation sites excluding steroid dienone is 3. The van der Waals surface area contributed by atoms with E-state index in [0.29, 0.717) is 17.4 Å². The smallest absolute Gasteiger partial charge is 0.180 e. The third kappa shape index (κ3) is 2.05. The molecule has 0 aromatic carbocycles. The molecule has 0 saturated heterocycles. The summed E-state index contributed by atoms with van der Waals surface area (Å²) in [7, 11) is -1.56. The van der Waals surface area contributed by atoms with Crippen LogP contribution in [0.5, 0.6) is 0 Å². The standard InChI is InChI=1S/C14H22O3S/c1-14(2,3)18(15,16)13-11-6-5-10(9-11)12(13)7-8-17-4/h5-6,10-11H,7-9H2,1-4H3/t10-,11+/m0/s1. The van der Waals surface area contributed by atoms with Crippen molar-refractivity contribution in [2.45, 2.75) is 38.4 Å². The highest BCUT2D eigenvalue weighted by molar-refractivity contribution is 7.96. The van der Waals surface area contributed by atoms with Crippen LogP contribution in [0.25, 0.3) is 0 Å². The maximum atomic E-state index is 12.7. The van der Waals surface area contributed by atoms with Gasteiger partial charge in [-0.3, -0.25) is 0 Å². The van der Waals surface area contributed by atoms with Crippen molar-refractivity contribution in [3.05, 3.63) is 22.6 Å². The number of rotatable bonds is 4. The van der Waals surface area contributed by atoms with E-state index in [2.05, 4.69) is 12.2 Å². The zero-order valence-corrected chi connectivity index (χ0v) is 12.4. The number of methoxy groups -OCH3 is 1. The normalized spacial score (nSPS) is 27.3. The van der Waals surface area contributed by atoms with Gasteiger partial charge in [0.25, 0.3) is 0 Å². The zero-order chi connectivity index (χ0) is 13.6. The predicted molar refractivity (Wildman–Crippen MR) is 72.9 cm³/mol. The van der Waals surface area contributed by atoms with E-state index in [1.807, 2.05) is 0 Å². The largest absolute Gasteiger partial charge is 0.384 e. The minimum absolute atomic E-state index is 0.103. The van der Waals surface area contributed by atoms with Crippen LogP contribution in [0.15, 0.2) is 22.6 Å².